The zero-order valence-electron chi connectivity index (χ0n) is 9.26. The molecule has 94 valence electrons. The molecule has 1 aromatic heterocycles. The quantitative estimate of drug-likeness (QED) is 0.602. The molecule has 18 heavy (non-hydrogen) atoms. The number of rotatable bonds is 2. The van der Waals surface area contributed by atoms with Gasteiger partial charge in [-0.25, -0.2) is 4.39 Å². The Balaban J connectivity index is 2.52. The highest BCUT2D eigenvalue weighted by atomic mass is 79.9. The van der Waals surface area contributed by atoms with Gasteiger partial charge in [0.15, 0.2) is 0 Å². The summed E-state index contributed by atoms with van der Waals surface area (Å²) in [5.41, 5.74) is 6.40. The van der Waals surface area contributed by atoms with E-state index in [1.54, 1.807) is 13.0 Å². The highest BCUT2D eigenvalue weighted by Gasteiger charge is 2.19. The van der Waals surface area contributed by atoms with Crippen LogP contribution < -0.4 is 5.73 Å². The lowest BCUT2D eigenvalue weighted by Gasteiger charge is -2.05. The van der Waals surface area contributed by atoms with Crippen LogP contribution in [0.4, 0.5) is 10.1 Å². The normalized spacial score (nSPS) is 10.7. The van der Waals surface area contributed by atoms with E-state index in [1.165, 1.54) is 23.5 Å². The first-order chi connectivity index (χ1) is 8.40. The fraction of sp³-hybridized carbons (Fsp3) is 0.0833. The molecule has 6 heteroatoms. The first-order valence-electron chi connectivity index (χ1n) is 4.95. The second-order valence-electron chi connectivity index (χ2n) is 3.76. The minimum Gasteiger partial charge on any atom is -0.399 e. The molecule has 0 spiro atoms. The molecular formula is C12H8Br2FNOS. The van der Waals surface area contributed by atoms with Crippen molar-refractivity contribution in [1.82, 2.24) is 0 Å². The van der Waals surface area contributed by atoms with Gasteiger partial charge in [-0.2, -0.15) is 0 Å². The average Bonchev–Trinajstić information content (AvgIpc) is 2.63. The van der Waals surface area contributed by atoms with E-state index < -0.39 is 5.82 Å². The van der Waals surface area contributed by atoms with Crippen molar-refractivity contribution in [3.63, 3.8) is 0 Å². The average molecular weight is 393 g/mol. The topological polar surface area (TPSA) is 43.1 Å². The number of carbonyl (C=O) groups excluding carboxylic acids is 1. The minimum absolute atomic E-state index is 0.00810. The minimum atomic E-state index is -0.519. The highest BCUT2D eigenvalue weighted by Crippen LogP contribution is 2.34. The maximum Gasteiger partial charge on any atom is 0.206 e. The van der Waals surface area contributed by atoms with Gasteiger partial charge in [0.2, 0.25) is 5.78 Å². The van der Waals surface area contributed by atoms with E-state index in [2.05, 4.69) is 31.9 Å². The van der Waals surface area contributed by atoms with Crippen LogP contribution in [-0.4, -0.2) is 5.78 Å². The van der Waals surface area contributed by atoms with Crippen LogP contribution in [0.15, 0.2) is 26.5 Å². The van der Waals surface area contributed by atoms with Crippen LogP contribution in [0.1, 0.15) is 20.8 Å². The molecule has 2 N–H and O–H groups in total. The number of carbonyl (C=O) groups is 1. The van der Waals surface area contributed by atoms with Gasteiger partial charge in [-0.1, -0.05) is 0 Å². The Kier molecular flexibility index (Phi) is 3.89. The van der Waals surface area contributed by atoms with Gasteiger partial charge in [0.05, 0.1) is 14.2 Å². The van der Waals surface area contributed by atoms with Crippen molar-refractivity contribution in [2.75, 3.05) is 5.73 Å². The number of benzene rings is 1. The molecule has 0 saturated heterocycles. The van der Waals surface area contributed by atoms with Crippen LogP contribution in [0.3, 0.4) is 0 Å². The van der Waals surface area contributed by atoms with Gasteiger partial charge in [-0.3, -0.25) is 4.79 Å². The number of hydrogen-bond donors (Lipinski definition) is 1. The number of aryl methyl sites for hydroxylation is 1. The van der Waals surface area contributed by atoms with Crippen LogP contribution in [0.5, 0.6) is 0 Å². The van der Waals surface area contributed by atoms with E-state index >= 15 is 0 Å². The summed E-state index contributed by atoms with van der Waals surface area (Å²) >= 11 is 7.85. The lowest BCUT2D eigenvalue weighted by Crippen LogP contribution is -2.05. The number of ketones is 1. The van der Waals surface area contributed by atoms with E-state index in [0.717, 1.165) is 8.26 Å². The molecule has 0 aliphatic heterocycles. The summed E-state index contributed by atoms with van der Waals surface area (Å²) in [6.07, 6.45) is 0. The molecule has 1 aromatic carbocycles. The summed E-state index contributed by atoms with van der Waals surface area (Å²) in [4.78, 5) is 12.7. The lowest BCUT2D eigenvalue weighted by molar-refractivity contribution is 0.103. The Morgan fingerprint density at radius 3 is 2.56 bits per heavy atom. The standard InChI is InChI=1S/C12H8Br2FNOS/c1-5-2-6(16)3-7(10(5)15)11(17)9-4-8(13)12(14)18-9/h2-4H,16H2,1H3. The number of nitrogens with two attached hydrogens (primary N) is 1. The SMILES string of the molecule is Cc1cc(N)cc(C(=O)c2cc(Br)c(Br)s2)c1F. The predicted molar refractivity (Wildman–Crippen MR) is 78.7 cm³/mol. The highest BCUT2D eigenvalue weighted by molar-refractivity contribution is 9.13. The fourth-order valence-electron chi connectivity index (χ4n) is 1.55. The van der Waals surface area contributed by atoms with Crippen LogP contribution in [0.25, 0.3) is 0 Å². The number of halogens is 3. The van der Waals surface area contributed by atoms with Gasteiger partial charge in [-0.05, 0) is 62.5 Å². The molecule has 0 aliphatic carbocycles. The van der Waals surface area contributed by atoms with Gasteiger partial charge in [0.25, 0.3) is 0 Å². The van der Waals surface area contributed by atoms with E-state index in [-0.39, 0.29) is 11.3 Å². The van der Waals surface area contributed by atoms with Crippen molar-refractivity contribution in [3.8, 4) is 0 Å². The van der Waals surface area contributed by atoms with E-state index in [9.17, 15) is 9.18 Å². The number of hydrogen-bond acceptors (Lipinski definition) is 3. The molecule has 0 amide bonds. The van der Waals surface area contributed by atoms with Crippen molar-refractivity contribution in [1.29, 1.82) is 0 Å². The smallest absolute Gasteiger partial charge is 0.206 e. The molecule has 2 aromatic rings. The van der Waals surface area contributed by atoms with Crippen LogP contribution >= 0.6 is 43.2 Å². The number of nitrogen functional groups attached to an aromatic ring is 1. The van der Waals surface area contributed by atoms with Crippen molar-refractivity contribution >= 4 is 54.7 Å². The van der Waals surface area contributed by atoms with Crippen molar-refractivity contribution in [2.45, 2.75) is 6.92 Å². The van der Waals surface area contributed by atoms with Crippen molar-refractivity contribution < 1.29 is 9.18 Å². The molecule has 0 saturated carbocycles. The zero-order valence-corrected chi connectivity index (χ0v) is 13.2. The van der Waals surface area contributed by atoms with Gasteiger partial charge in [0.1, 0.15) is 5.82 Å². The van der Waals surface area contributed by atoms with Crippen LogP contribution in [0, 0.1) is 12.7 Å². The lowest BCUT2D eigenvalue weighted by atomic mass is 10.0. The Hall–Kier alpha value is -0.720. The summed E-state index contributed by atoms with van der Waals surface area (Å²) in [5.74, 6) is -0.880. The first-order valence-corrected chi connectivity index (χ1v) is 7.35. The molecule has 1 heterocycles. The molecule has 0 radical (unpaired) electrons. The third-order valence-corrected chi connectivity index (χ3v) is 5.65. The molecule has 0 bridgehead atoms. The zero-order chi connectivity index (χ0) is 13.4. The third-order valence-electron chi connectivity index (χ3n) is 2.39. The predicted octanol–water partition coefficient (Wildman–Crippen LogP) is 4.53. The monoisotopic (exact) mass is 391 g/mol. The van der Waals surface area contributed by atoms with Crippen molar-refractivity contribution in [3.05, 3.63) is 48.3 Å². The summed E-state index contributed by atoms with van der Waals surface area (Å²) in [6.45, 7) is 1.59. The van der Waals surface area contributed by atoms with Crippen molar-refractivity contribution in [2.24, 2.45) is 0 Å². The molecular weight excluding hydrogens is 385 g/mol. The summed E-state index contributed by atoms with van der Waals surface area (Å²) in [5, 5.41) is 0. The van der Waals surface area contributed by atoms with Gasteiger partial charge in [-0.15, -0.1) is 11.3 Å². The molecule has 0 atom stereocenters. The van der Waals surface area contributed by atoms with Gasteiger partial charge >= 0.3 is 0 Å². The number of anilines is 1. The third kappa shape index (κ3) is 2.50. The first kappa shape index (κ1) is 13.7. The second-order valence-corrected chi connectivity index (χ2v) is 6.99. The second kappa shape index (κ2) is 5.11. The molecule has 2 rings (SSSR count). The molecule has 0 aliphatic rings. The fourth-order valence-corrected chi connectivity index (χ4v) is 3.54. The van der Waals surface area contributed by atoms with E-state index in [4.69, 9.17) is 5.73 Å². The number of thiophene rings is 1. The Bertz CT molecular complexity index is 620. The van der Waals surface area contributed by atoms with Crippen LogP contribution in [-0.2, 0) is 0 Å². The summed E-state index contributed by atoms with van der Waals surface area (Å²) in [6, 6.07) is 4.54. The van der Waals surface area contributed by atoms with Crippen LogP contribution in [0.2, 0.25) is 0 Å². The summed E-state index contributed by atoms with van der Waals surface area (Å²) in [7, 11) is 0. The van der Waals surface area contributed by atoms with E-state index in [1.807, 2.05) is 0 Å². The maximum absolute atomic E-state index is 13.9. The van der Waals surface area contributed by atoms with Gasteiger partial charge < -0.3 is 5.73 Å². The molecule has 0 unspecified atom stereocenters. The van der Waals surface area contributed by atoms with E-state index in [0.29, 0.717) is 16.1 Å². The summed E-state index contributed by atoms with van der Waals surface area (Å²) < 4.78 is 15.5. The Labute approximate surface area is 124 Å². The maximum atomic E-state index is 13.9. The Morgan fingerprint density at radius 1 is 1.33 bits per heavy atom. The molecule has 2 nitrogen and oxygen atoms in total. The largest absolute Gasteiger partial charge is 0.399 e. The Morgan fingerprint density at radius 2 is 2.00 bits per heavy atom. The van der Waals surface area contributed by atoms with Gasteiger partial charge in [0, 0.05) is 10.2 Å². The molecule has 0 fully saturated rings.